The van der Waals surface area contributed by atoms with Gasteiger partial charge < -0.3 is 5.32 Å². The average molecular weight is 382 g/mol. The highest BCUT2D eigenvalue weighted by Crippen LogP contribution is 2.25. The Morgan fingerprint density at radius 3 is 2.54 bits per heavy atom. The molecule has 0 saturated carbocycles. The van der Waals surface area contributed by atoms with E-state index >= 15 is 0 Å². The molecule has 1 aromatic heterocycles. The molecule has 2 aromatic carbocycles. The van der Waals surface area contributed by atoms with Crippen molar-refractivity contribution in [2.24, 2.45) is 0 Å². The first kappa shape index (κ1) is 19.2. The second-order valence-corrected chi connectivity index (χ2v) is 6.36. The quantitative estimate of drug-likeness (QED) is 0.513. The number of nitrogens with one attached hydrogen (secondary N) is 1. The number of carbonyl (C=O) groups is 1. The molecule has 1 amide bonds. The van der Waals surface area contributed by atoms with E-state index in [1.54, 1.807) is 18.2 Å². The third-order valence-electron chi connectivity index (χ3n) is 4.39. The van der Waals surface area contributed by atoms with Crippen LogP contribution in [0.2, 0.25) is 0 Å². The predicted molar refractivity (Wildman–Crippen MR) is 103 cm³/mol. The van der Waals surface area contributed by atoms with Gasteiger partial charge in [0, 0.05) is 23.7 Å². The van der Waals surface area contributed by atoms with Gasteiger partial charge in [-0.15, -0.1) is 0 Å². The monoisotopic (exact) mass is 382 g/mol. The number of hydrogen-bond donors (Lipinski definition) is 1. The molecule has 0 bridgehead atoms. The fraction of sp³-hybridized carbons (Fsp3) is 0.200. The fourth-order valence-corrected chi connectivity index (χ4v) is 2.66. The minimum Gasteiger partial charge on any atom is -0.348 e. The van der Waals surface area contributed by atoms with Crippen molar-refractivity contribution in [3.8, 4) is 16.9 Å². The molecule has 1 N–H and O–H groups in total. The van der Waals surface area contributed by atoms with Crippen LogP contribution in [0.5, 0.6) is 0 Å². The Morgan fingerprint density at radius 1 is 1.25 bits per heavy atom. The number of benzene rings is 2. The third kappa shape index (κ3) is 3.90. The second kappa shape index (κ2) is 7.99. The van der Waals surface area contributed by atoms with Gasteiger partial charge >= 0.3 is 0 Å². The van der Waals surface area contributed by atoms with E-state index < -0.39 is 10.7 Å². The lowest BCUT2D eigenvalue weighted by molar-refractivity contribution is -0.384. The lowest BCUT2D eigenvalue weighted by Crippen LogP contribution is -2.33. The Labute approximate surface area is 161 Å². The van der Waals surface area contributed by atoms with E-state index in [4.69, 9.17) is 0 Å². The zero-order valence-corrected chi connectivity index (χ0v) is 15.4. The molecule has 0 saturated heterocycles. The number of aromatic nitrogens is 2. The van der Waals surface area contributed by atoms with Gasteiger partial charge in [0.15, 0.2) is 0 Å². The molecule has 0 aliphatic heterocycles. The summed E-state index contributed by atoms with van der Waals surface area (Å²) < 4.78 is 15.6. The maximum Gasteiger partial charge on any atom is 0.270 e. The van der Waals surface area contributed by atoms with Crippen LogP contribution < -0.4 is 5.32 Å². The van der Waals surface area contributed by atoms with Crippen LogP contribution in [0.25, 0.3) is 16.9 Å². The van der Waals surface area contributed by atoms with Crippen LogP contribution in [0.3, 0.4) is 0 Å². The summed E-state index contributed by atoms with van der Waals surface area (Å²) in [4.78, 5) is 23.1. The number of amides is 1. The number of carbonyl (C=O) groups excluding carboxylic acids is 1. The lowest BCUT2D eigenvalue weighted by Gasteiger charge is -2.12. The van der Waals surface area contributed by atoms with Gasteiger partial charge in [-0.1, -0.05) is 19.1 Å². The molecule has 28 heavy (non-hydrogen) atoms. The lowest BCUT2D eigenvalue weighted by atomic mass is 10.1. The van der Waals surface area contributed by atoms with Crippen LogP contribution in [-0.2, 0) is 0 Å². The number of rotatable bonds is 6. The molecule has 7 nitrogen and oxygen atoms in total. The summed E-state index contributed by atoms with van der Waals surface area (Å²) in [6.07, 6.45) is 0.748. The van der Waals surface area contributed by atoms with Gasteiger partial charge in [0.1, 0.15) is 11.5 Å². The number of non-ortho nitro benzene ring substituents is 1. The maximum atomic E-state index is 14.2. The second-order valence-electron chi connectivity index (χ2n) is 6.36. The van der Waals surface area contributed by atoms with Crippen molar-refractivity contribution in [1.82, 2.24) is 15.1 Å². The maximum absolute atomic E-state index is 14.2. The molecular weight excluding hydrogens is 363 g/mol. The summed E-state index contributed by atoms with van der Waals surface area (Å²) in [6.45, 7) is 3.83. The van der Waals surface area contributed by atoms with Gasteiger partial charge in [-0.2, -0.15) is 5.10 Å². The molecule has 144 valence electrons. The number of hydrogen-bond acceptors (Lipinski definition) is 4. The highest BCUT2D eigenvalue weighted by atomic mass is 19.1. The van der Waals surface area contributed by atoms with Crippen molar-refractivity contribution in [1.29, 1.82) is 0 Å². The average Bonchev–Trinajstić information content (AvgIpc) is 3.13. The summed E-state index contributed by atoms with van der Waals surface area (Å²) in [7, 11) is 0. The van der Waals surface area contributed by atoms with Crippen LogP contribution >= 0.6 is 0 Å². The van der Waals surface area contributed by atoms with Crippen LogP contribution in [0.15, 0.2) is 54.6 Å². The van der Waals surface area contributed by atoms with E-state index in [1.165, 1.54) is 41.1 Å². The Hall–Kier alpha value is -3.55. The first-order chi connectivity index (χ1) is 13.4. The SMILES string of the molecule is CCC(C)NC(=O)c1cc(-c2ccccc2F)nn1-c1ccc([N+](=O)[O-])cc1. The van der Waals surface area contributed by atoms with Crippen molar-refractivity contribution in [3.63, 3.8) is 0 Å². The van der Waals surface area contributed by atoms with Crippen LogP contribution in [0, 0.1) is 15.9 Å². The van der Waals surface area contributed by atoms with E-state index in [1.807, 2.05) is 13.8 Å². The molecule has 0 aliphatic rings. The molecule has 0 radical (unpaired) electrons. The summed E-state index contributed by atoms with van der Waals surface area (Å²) in [5, 5.41) is 18.1. The predicted octanol–water partition coefficient (Wildman–Crippen LogP) is 4.11. The van der Waals surface area contributed by atoms with Crippen molar-refractivity contribution in [2.75, 3.05) is 0 Å². The smallest absolute Gasteiger partial charge is 0.270 e. The topological polar surface area (TPSA) is 90.1 Å². The van der Waals surface area contributed by atoms with Crippen molar-refractivity contribution < 1.29 is 14.1 Å². The van der Waals surface area contributed by atoms with Crippen molar-refractivity contribution in [2.45, 2.75) is 26.3 Å². The number of nitrogens with zero attached hydrogens (tertiary/aromatic N) is 3. The first-order valence-electron chi connectivity index (χ1n) is 8.81. The number of nitro benzene ring substituents is 1. The number of halogens is 1. The molecule has 1 heterocycles. The van der Waals surface area contributed by atoms with E-state index in [0.29, 0.717) is 11.4 Å². The summed E-state index contributed by atoms with van der Waals surface area (Å²) in [6, 6.07) is 13.3. The summed E-state index contributed by atoms with van der Waals surface area (Å²) in [5.41, 5.74) is 1.16. The van der Waals surface area contributed by atoms with E-state index in [-0.39, 0.29) is 28.9 Å². The Kier molecular flexibility index (Phi) is 5.49. The van der Waals surface area contributed by atoms with E-state index in [0.717, 1.165) is 6.42 Å². The molecule has 1 unspecified atom stereocenters. The van der Waals surface area contributed by atoms with Crippen LogP contribution in [-0.4, -0.2) is 26.7 Å². The Morgan fingerprint density at radius 2 is 1.93 bits per heavy atom. The van der Waals surface area contributed by atoms with Crippen LogP contribution in [0.4, 0.5) is 10.1 Å². The van der Waals surface area contributed by atoms with Gasteiger partial charge in [-0.05, 0) is 43.7 Å². The summed E-state index contributed by atoms with van der Waals surface area (Å²) in [5.74, 6) is -0.812. The fourth-order valence-electron chi connectivity index (χ4n) is 2.66. The minimum absolute atomic E-state index is 0.0513. The Balaban J connectivity index is 2.09. The normalized spacial score (nSPS) is 11.8. The van der Waals surface area contributed by atoms with Crippen LogP contribution in [0.1, 0.15) is 30.8 Å². The largest absolute Gasteiger partial charge is 0.348 e. The zero-order valence-electron chi connectivity index (χ0n) is 15.4. The van der Waals surface area contributed by atoms with Crippen molar-refractivity contribution in [3.05, 3.63) is 76.2 Å². The molecule has 0 aliphatic carbocycles. The van der Waals surface area contributed by atoms with E-state index in [9.17, 15) is 19.3 Å². The van der Waals surface area contributed by atoms with Gasteiger partial charge in [0.2, 0.25) is 0 Å². The molecular formula is C20H19FN4O3. The zero-order chi connectivity index (χ0) is 20.3. The standard InChI is InChI=1S/C20H19FN4O3/c1-3-13(2)22-20(26)19-12-18(16-6-4-5-7-17(16)21)23-24(19)14-8-10-15(11-9-14)25(27)28/h4-13H,3H2,1-2H3,(H,22,26). The first-order valence-corrected chi connectivity index (χ1v) is 8.81. The molecule has 0 fully saturated rings. The molecule has 8 heteroatoms. The summed E-state index contributed by atoms with van der Waals surface area (Å²) >= 11 is 0. The van der Waals surface area contributed by atoms with Gasteiger partial charge in [0.25, 0.3) is 11.6 Å². The molecule has 1 atom stereocenters. The number of nitro groups is 1. The highest BCUT2D eigenvalue weighted by molar-refractivity contribution is 5.94. The Bertz CT molecular complexity index is 1010. The van der Waals surface area contributed by atoms with Gasteiger partial charge in [0.05, 0.1) is 16.3 Å². The highest BCUT2D eigenvalue weighted by Gasteiger charge is 2.20. The van der Waals surface area contributed by atoms with E-state index in [2.05, 4.69) is 10.4 Å². The molecule has 3 aromatic rings. The molecule has 0 spiro atoms. The minimum atomic E-state index is -0.506. The van der Waals surface area contributed by atoms with Gasteiger partial charge in [-0.25, -0.2) is 9.07 Å². The van der Waals surface area contributed by atoms with Crippen molar-refractivity contribution >= 4 is 11.6 Å². The van der Waals surface area contributed by atoms with Gasteiger partial charge in [-0.3, -0.25) is 14.9 Å². The third-order valence-corrected chi connectivity index (χ3v) is 4.39. The molecule has 3 rings (SSSR count).